The first-order valence-corrected chi connectivity index (χ1v) is 12.6. The number of alkyl carbamates (subject to hydrolysis) is 1. The van der Waals surface area contributed by atoms with Crippen molar-refractivity contribution in [3.05, 3.63) is 34.9 Å². The summed E-state index contributed by atoms with van der Waals surface area (Å²) >= 11 is 0. The summed E-state index contributed by atoms with van der Waals surface area (Å²) in [6.45, 7) is 22.8. The minimum atomic E-state index is -0.864. The molecule has 0 aliphatic carbocycles. The fraction of sp³-hybridized carbons (Fsp3) is 0.679. The summed E-state index contributed by atoms with van der Waals surface area (Å²) in [4.78, 5) is 42.2. The molecular formula is C28H47N3O4. The number of nitrogens with zero attached hydrogens (tertiary/aromatic N) is 1. The van der Waals surface area contributed by atoms with Crippen LogP contribution in [0.2, 0.25) is 0 Å². The molecule has 7 heteroatoms. The lowest BCUT2D eigenvalue weighted by molar-refractivity contribution is -0.150. The standard InChI is InChI=1S/C28H47N3O4/c1-13-28(11,12)31(25(33)22(17(2)3)30-26(34)35-27(8,9)10)23(24(32)29-18(4)5)21-15-14-19(6)20(7)16-21/h14-18,22-23H,13H2,1-12H3,(H,29,32)(H,30,34). The summed E-state index contributed by atoms with van der Waals surface area (Å²) in [5.74, 6) is -0.795. The van der Waals surface area contributed by atoms with E-state index in [9.17, 15) is 14.4 Å². The van der Waals surface area contributed by atoms with Gasteiger partial charge in [0.1, 0.15) is 17.7 Å². The molecular weight excluding hydrogens is 442 g/mol. The molecule has 0 bridgehead atoms. The Balaban J connectivity index is 3.66. The number of carbonyl (C=O) groups excluding carboxylic acids is 3. The number of amides is 3. The second kappa shape index (κ2) is 11.9. The van der Waals surface area contributed by atoms with Gasteiger partial charge in [-0.25, -0.2) is 4.79 Å². The lowest BCUT2D eigenvalue weighted by Crippen LogP contribution is -2.60. The van der Waals surface area contributed by atoms with Crippen LogP contribution in [0.3, 0.4) is 0 Å². The van der Waals surface area contributed by atoms with E-state index in [0.717, 1.165) is 16.7 Å². The molecule has 0 radical (unpaired) electrons. The Labute approximate surface area is 212 Å². The SMILES string of the molecule is CCC(C)(C)N(C(=O)C(NC(=O)OC(C)(C)C)C(C)C)C(C(=O)NC(C)C)c1ccc(C)c(C)c1. The molecule has 0 heterocycles. The van der Waals surface area contributed by atoms with Crippen LogP contribution in [0.4, 0.5) is 4.79 Å². The van der Waals surface area contributed by atoms with Gasteiger partial charge in [-0.3, -0.25) is 9.59 Å². The first-order valence-electron chi connectivity index (χ1n) is 12.6. The van der Waals surface area contributed by atoms with Crippen molar-refractivity contribution in [2.24, 2.45) is 5.92 Å². The summed E-state index contributed by atoms with van der Waals surface area (Å²) in [7, 11) is 0. The Morgan fingerprint density at radius 2 is 1.51 bits per heavy atom. The molecule has 0 saturated heterocycles. The van der Waals surface area contributed by atoms with Crippen molar-refractivity contribution < 1.29 is 19.1 Å². The second-order valence-corrected chi connectivity index (χ2v) is 11.7. The van der Waals surface area contributed by atoms with Crippen molar-refractivity contribution in [1.29, 1.82) is 0 Å². The molecule has 2 atom stereocenters. The van der Waals surface area contributed by atoms with Crippen molar-refractivity contribution in [2.45, 2.75) is 119 Å². The van der Waals surface area contributed by atoms with Gasteiger partial charge in [-0.1, -0.05) is 39.0 Å². The molecule has 0 aliphatic rings. The third-order valence-electron chi connectivity index (χ3n) is 6.14. The van der Waals surface area contributed by atoms with Gasteiger partial charge in [0, 0.05) is 11.6 Å². The lowest BCUT2D eigenvalue weighted by atomic mass is 9.89. The summed E-state index contributed by atoms with van der Waals surface area (Å²) < 4.78 is 5.43. The average molecular weight is 490 g/mol. The van der Waals surface area contributed by atoms with Crippen LogP contribution in [0.5, 0.6) is 0 Å². The fourth-order valence-electron chi connectivity index (χ4n) is 3.76. The zero-order valence-corrected chi connectivity index (χ0v) is 23.8. The van der Waals surface area contributed by atoms with Crippen molar-refractivity contribution in [2.75, 3.05) is 0 Å². The zero-order chi connectivity index (χ0) is 27.3. The predicted octanol–water partition coefficient (Wildman–Crippen LogP) is 5.44. The highest BCUT2D eigenvalue weighted by molar-refractivity contribution is 5.93. The van der Waals surface area contributed by atoms with Crippen LogP contribution in [0.25, 0.3) is 0 Å². The van der Waals surface area contributed by atoms with Gasteiger partial charge in [0.2, 0.25) is 11.8 Å². The van der Waals surface area contributed by atoms with E-state index in [0.29, 0.717) is 6.42 Å². The zero-order valence-electron chi connectivity index (χ0n) is 23.8. The van der Waals surface area contributed by atoms with Crippen LogP contribution in [0.1, 0.15) is 98.4 Å². The summed E-state index contributed by atoms with van der Waals surface area (Å²) in [6, 6.07) is 4.03. The van der Waals surface area contributed by atoms with Gasteiger partial charge in [-0.05, 0) is 91.3 Å². The first-order chi connectivity index (χ1) is 15.9. The van der Waals surface area contributed by atoms with E-state index in [1.54, 1.807) is 25.7 Å². The van der Waals surface area contributed by atoms with Crippen LogP contribution in [-0.2, 0) is 14.3 Å². The number of ether oxygens (including phenoxy) is 1. The lowest BCUT2D eigenvalue weighted by Gasteiger charge is -2.45. The molecule has 0 aromatic heterocycles. The molecule has 2 unspecified atom stereocenters. The number of benzene rings is 1. The van der Waals surface area contributed by atoms with Crippen molar-refractivity contribution in [3.8, 4) is 0 Å². The highest BCUT2D eigenvalue weighted by Crippen LogP contribution is 2.33. The Kier molecular flexibility index (Phi) is 10.4. The largest absolute Gasteiger partial charge is 0.444 e. The van der Waals surface area contributed by atoms with E-state index in [1.807, 2.05) is 80.5 Å². The number of hydrogen-bond acceptors (Lipinski definition) is 4. The highest BCUT2D eigenvalue weighted by Gasteiger charge is 2.44. The molecule has 0 spiro atoms. The molecule has 1 rings (SSSR count). The van der Waals surface area contributed by atoms with Gasteiger partial charge in [0.05, 0.1) is 0 Å². The van der Waals surface area contributed by atoms with Crippen molar-refractivity contribution >= 4 is 17.9 Å². The van der Waals surface area contributed by atoms with Crippen molar-refractivity contribution in [1.82, 2.24) is 15.5 Å². The van der Waals surface area contributed by atoms with Crippen LogP contribution in [-0.4, -0.2) is 46.0 Å². The van der Waals surface area contributed by atoms with Gasteiger partial charge < -0.3 is 20.3 Å². The summed E-state index contributed by atoms with van der Waals surface area (Å²) in [5.41, 5.74) is 1.52. The second-order valence-electron chi connectivity index (χ2n) is 11.7. The van der Waals surface area contributed by atoms with E-state index in [2.05, 4.69) is 10.6 Å². The highest BCUT2D eigenvalue weighted by atomic mass is 16.6. The molecule has 2 N–H and O–H groups in total. The van der Waals surface area contributed by atoms with Crippen LogP contribution in [0, 0.1) is 19.8 Å². The van der Waals surface area contributed by atoms with Gasteiger partial charge in [-0.15, -0.1) is 0 Å². The predicted molar refractivity (Wildman–Crippen MR) is 141 cm³/mol. The molecule has 35 heavy (non-hydrogen) atoms. The van der Waals surface area contributed by atoms with Gasteiger partial charge in [0.15, 0.2) is 0 Å². The van der Waals surface area contributed by atoms with E-state index >= 15 is 0 Å². The van der Waals surface area contributed by atoms with Crippen LogP contribution >= 0.6 is 0 Å². The van der Waals surface area contributed by atoms with Crippen molar-refractivity contribution in [3.63, 3.8) is 0 Å². The number of aryl methyl sites for hydroxylation is 2. The number of rotatable bonds is 9. The first kappa shape index (κ1) is 30.5. The van der Waals surface area contributed by atoms with Gasteiger partial charge in [0.25, 0.3) is 0 Å². The normalized spacial score (nSPS) is 13.9. The molecule has 0 aliphatic heterocycles. The smallest absolute Gasteiger partial charge is 0.408 e. The Morgan fingerprint density at radius 1 is 0.943 bits per heavy atom. The molecule has 7 nitrogen and oxygen atoms in total. The molecule has 3 amide bonds. The molecule has 198 valence electrons. The monoisotopic (exact) mass is 489 g/mol. The molecule has 0 fully saturated rings. The summed E-state index contributed by atoms with van der Waals surface area (Å²) in [6.07, 6.45) is -0.0417. The number of nitrogens with one attached hydrogen (secondary N) is 2. The van der Waals surface area contributed by atoms with Crippen LogP contribution in [0.15, 0.2) is 18.2 Å². The third-order valence-corrected chi connectivity index (χ3v) is 6.14. The molecule has 1 aromatic carbocycles. The van der Waals surface area contributed by atoms with E-state index < -0.39 is 29.3 Å². The minimum absolute atomic E-state index is 0.0981. The molecule has 0 saturated carbocycles. The topological polar surface area (TPSA) is 87.7 Å². The minimum Gasteiger partial charge on any atom is -0.444 e. The quantitative estimate of drug-likeness (QED) is 0.484. The van der Waals surface area contributed by atoms with Gasteiger partial charge in [-0.2, -0.15) is 0 Å². The van der Waals surface area contributed by atoms with Gasteiger partial charge >= 0.3 is 6.09 Å². The number of hydrogen-bond donors (Lipinski definition) is 2. The van der Waals surface area contributed by atoms with Crippen LogP contribution < -0.4 is 10.6 Å². The maximum absolute atomic E-state index is 14.2. The van der Waals surface area contributed by atoms with E-state index in [1.165, 1.54) is 0 Å². The van der Waals surface area contributed by atoms with E-state index in [-0.39, 0.29) is 23.8 Å². The summed E-state index contributed by atoms with van der Waals surface area (Å²) in [5, 5.41) is 5.77. The Morgan fingerprint density at radius 3 is 1.94 bits per heavy atom. The maximum Gasteiger partial charge on any atom is 0.408 e. The Hall–Kier alpha value is -2.57. The maximum atomic E-state index is 14.2. The fourth-order valence-corrected chi connectivity index (χ4v) is 3.76. The third kappa shape index (κ3) is 8.55. The number of carbonyl (C=O) groups is 3. The average Bonchev–Trinajstić information content (AvgIpc) is 2.69. The Bertz CT molecular complexity index is 900. The molecule has 1 aromatic rings. The van der Waals surface area contributed by atoms with E-state index in [4.69, 9.17) is 4.74 Å².